The van der Waals surface area contributed by atoms with Gasteiger partial charge in [-0.05, 0) is 72.8 Å². The van der Waals surface area contributed by atoms with Gasteiger partial charge < -0.3 is 29.3 Å². The van der Waals surface area contributed by atoms with Crippen molar-refractivity contribution in [1.29, 1.82) is 0 Å². The SMILES string of the molecule is C=C(C)c1cc(C(=O)N2Cc3ccc(N4CCC(N5CCN(C)CC5)CC4)cc3C2)c(OCc2ccccc2)cc1OCc1ccccc1.CC(=O)O. The summed E-state index contributed by atoms with van der Waals surface area (Å²) in [6.07, 6.45) is 2.40. The molecule has 9 nitrogen and oxygen atoms in total. The van der Waals surface area contributed by atoms with Crippen LogP contribution in [0.4, 0.5) is 5.69 Å². The van der Waals surface area contributed by atoms with Gasteiger partial charge in [0, 0.05) is 82.6 Å². The van der Waals surface area contributed by atoms with Crippen molar-refractivity contribution < 1.29 is 24.2 Å². The lowest BCUT2D eigenvalue weighted by atomic mass is 10.0. The predicted molar refractivity (Wildman–Crippen MR) is 210 cm³/mol. The number of piperazine rings is 1. The number of amides is 1. The van der Waals surface area contributed by atoms with Crippen molar-refractivity contribution >= 4 is 23.1 Å². The number of hydrogen-bond acceptors (Lipinski definition) is 7. The van der Waals surface area contributed by atoms with Crippen molar-refractivity contribution in [2.75, 3.05) is 51.2 Å². The van der Waals surface area contributed by atoms with Crippen LogP contribution in [-0.4, -0.2) is 84.0 Å². The summed E-state index contributed by atoms with van der Waals surface area (Å²) in [5.41, 5.74) is 7.96. The molecule has 0 atom stereocenters. The molecule has 0 aromatic heterocycles. The Morgan fingerprint density at radius 3 is 1.83 bits per heavy atom. The molecule has 0 saturated carbocycles. The van der Waals surface area contributed by atoms with Gasteiger partial charge in [-0.3, -0.25) is 14.5 Å². The predicted octanol–water partition coefficient (Wildman–Crippen LogP) is 7.34. The highest BCUT2D eigenvalue weighted by Gasteiger charge is 2.30. The second kappa shape index (κ2) is 17.6. The number of fused-ring (bicyclic) bond motifs is 1. The zero-order chi connectivity index (χ0) is 37.3. The maximum atomic E-state index is 14.4. The topological polar surface area (TPSA) is 85.8 Å². The van der Waals surface area contributed by atoms with Gasteiger partial charge in [0.1, 0.15) is 24.7 Å². The molecule has 1 N–H and O–H groups in total. The molecule has 1 amide bonds. The number of allylic oxidation sites excluding steroid dienone is 1. The zero-order valence-corrected chi connectivity index (χ0v) is 31.3. The lowest BCUT2D eigenvalue weighted by Crippen LogP contribution is -2.52. The van der Waals surface area contributed by atoms with E-state index in [0.717, 1.165) is 42.3 Å². The Morgan fingerprint density at radius 1 is 0.717 bits per heavy atom. The van der Waals surface area contributed by atoms with E-state index in [0.29, 0.717) is 49.4 Å². The molecule has 9 heteroatoms. The minimum absolute atomic E-state index is 0.0501. The van der Waals surface area contributed by atoms with Gasteiger partial charge in [0.2, 0.25) is 0 Å². The molecule has 2 fully saturated rings. The number of nitrogens with zero attached hydrogens (tertiary/aromatic N) is 4. The molecule has 4 aromatic carbocycles. The third kappa shape index (κ3) is 9.86. The Morgan fingerprint density at radius 2 is 1.26 bits per heavy atom. The molecule has 3 aliphatic rings. The van der Waals surface area contributed by atoms with Crippen LogP contribution < -0.4 is 14.4 Å². The van der Waals surface area contributed by atoms with Crippen molar-refractivity contribution in [2.24, 2.45) is 0 Å². The van der Waals surface area contributed by atoms with Gasteiger partial charge in [0.25, 0.3) is 11.9 Å². The number of carboxylic acids is 1. The fourth-order valence-electron chi connectivity index (χ4n) is 7.34. The second-order valence-corrected chi connectivity index (χ2v) is 14.4. The highest BCUT2D eigenvalue weighted by molar-refractivity contribution is 5.98. The standard InChI is InChI=1S/C42H48N4O3.C2H4O2/c1-31(2)38-25-39(41(49-30-33-12-8-5-9-13-33)26-40(38)48-29-32-10-6-4-7-11-32)42(47)46-27-34-14-15-37(24-35(34)28-46)44-18-16-36(17-19-44)45-22-20-43(3)21-23-45;1-2(3)4/h4-15,24-26,36H,1,16-23,27-30H2,2-3H3;1H3,(H,3,4). The summed E-state index contributed by atoms with van der Waals surface area (Å²) >= 11 is 0. The number of likely N-dealkylation sites (N-methyl/N-ethyl adjacent to an activating group) is 1. The Kier molecular flexibility index (Phi) is 12.5. The molecule has 3 aliphatic heterocycles. The molecule has 2 saturated heterocycles. The largest absolute Gasteiger partial charge is 0.488 e. The van der Waals surface area contributed by atoms with Gasteiger partial charge in [-0.2, -0.15) is 0 Å². The van der Waals surface area contributed by atoms with Crippen molar-refractivity contribution in [3.05, 3.63) is 131 Å². The first kappa shape index (κ1) is 37.6. The third-order valence-corrected chi connectivity index (χ3v) is 10.3. The molecule has 0 unspecified atom stereocenters. The summed E-state index contributed by atoms with van der Waals surface area (Å²) in [6, 6.07) is 31.4. The minimum atomic E-state index is -0.833. The van der Waals surface area contributed by atoms with Gasteiger partial charge in [0.15, 0.2) is 0 Å². The number of rotatable bonds is 10. The number of hydrogen-bond donors (Lipinski definition) is 1. The normalized spacial score (nSPS) is 16.4. The maximum absolute atomic E-state index is 14.4. The van der Waals surface area contributed by atoms with E-state index in [4.69, 9.17) is 19.4 Å². The monoisotopic (exact) mass is 716 g/mol. The number of aliphatic carboxylic acids is 1. The smallest absolute Gasteiger partial charge is 0.300 e. The number of anilines is 1. The first-order valence-corrected chi connectivity index (χ1v) is 18.6. The molecular formula is C44H52N4O5. The second-order valence-electron chi connectivity index (χ2n) is 14.4. The van der Waals surface area contributed by atoms with Crippen LogP contribution in [0.5, 0.6) is 11.5 Å². The molecule has 7 rings (SSSR count). The molecular weight excluding hydrogens is 665 g/mol. The van der Waals surface area contributed by atoms with E-state index in [9.17, 15) is 4.79 Å². The van der Waals surface area contributed by atoms with E-state index >= 15 is 0 Å². The van der Waals surface area contributed by atoms with Crippen LogP contribution in [-0.2, 0) is 31.1 Å². The fraction of sp³-hybridized carbons (Fsp3) is 0.364. The van der Waals surface area contributed by atoms with Gasteiger partial charge >= 0.3 is 0 Å². The number of piperidine rings is 1. The van der Waals surface area contributed by atoms with Crippen molar-refractivity contribution in [1.82, 2.24) is 14.7 Å². The van der Waals surface area contributed by atoms with E-state index in [2.05, 4.69) is 46.5 Å². The van der Waals surface area contributed by atoms with E-state index in [-0.39, 0.29) is 5.91 Å². The molecule has 0 bridgehead atoms. The molecule has 0 radical (unpaired) electrons. The van der Waals surface area contributed by atoms with Crippen LogP contribution >= 0.6 is 0 Å². The average Bonchev–Trinajstić information content (AvgIpc) is 3.60. The van der Waals surface area contributed by atoms with Crippen LogP contribution in [0.1, 0.15) is 64.9 Å². The van der Waals surface area contributed by atoms with Crippen molar-refractivity contribution in [3.8, 4) is 11.5 Å². The van der Waals surface area contributed by atoms with Gasteiger partial charge in [-0.15, -0.1) is 0 Å². The highest BCUT2D eigenvalue weighted by Crippen LogP contribution is 2.37. The summed E-state index contributed by atoms with van der Waals surface area (Å²) in [7, 11) is 2.22. The van der Waals surface area contributed by atoms with Crippen LogP contribution in [0.25, 0.3) is 5.57 Å². The van der Waals surface area contributed by atoms with Crippen LogP contribution in [0.3, 0.4) is 0 Å². The average molecular weight is 717 g/mol. The third-order valence-electron chi connectivity index (χ3n) is 10.3. The number of carbonyl (C=O) groups is 2. The minimum Gasteiger partial charge on any atom is -0.488 e. The lowest BCUT2D eigenvalue weighted by molar-refractivity contribution is -0.134. The Bertz CT molecular complexity index is 1860. The fourth-order valence-corrected chi connectivity index (χ4v) is 7.34. The van der Waals surface area contributed by atoms with Crippen LogP contribution in [0.15, 0.2) is 97.6 Å². The Hall–Kier alpha value is -5.12. The Labute approximate surface area is 314 Å². The molecule has 3 heterocycles. The number of carboxylic acid groups (broad SMARTS) is 1. The van der Waals surface area contributed by atoms with E-state index in [1.807, 2.05) is 84.6 Å². The molecule has 0 spiro atoms. The first-order chi connectivity index (χ1) is 25.6. The summed E-state index contributed by atoms with van der Waals surface area (Å²) in [5.74, 6) is 0.286. The zero-order valence-electron chi connectivity index (χ0n) is 31.3. The van der Waals surface area contributed by atoms with Crippen molar-refractivity contribution in [2.45, 2.75) is 59.0 Å². The molecule has 4 aromatic rings. The summed E-state index contributed by atoms with van der Waals surface area (Å²) in [6.45, 7) is 16.0. The molecule has 0 aliphatic carbocycles. The van der Waals surface area contributed by atoms with Gasteiger partial charge in [-0.1, -0.05) is 73.3 Å². The summed E-state index contributed by atoms with van der Waals surface area (Å²) in [5, 5.41) is 7.42. The molecule has 278 valence electrons. The van der Waals surface area contributed by atoms with Crippen molar-refractivity contribution in [3.63, 3.8) is 0 Å². The maximum Gasteiger partial charge on any atom is 0.300 e. The highest BCUT2D eigenvalue weighted by atomic mass is 16.5. The molecule has 53 heavy (non-hydrogen) atoms. The first-order valence-electron chi connectivity index (χ1n) is 18.6. The number of ether oxygens (including phenoxy) is 2. The summed E-state index contributed by atoms with van der Waals surface area (Å²) in [4.78, 5) is 33.0. The number of carbonyl (C=O) groups excluding carboxylic acids is 1. The lowest BCUT2D eigenvalue weighted by Gasteiger charge is -2.42. The van der Waals surface area contributed by atoms with E-state index < -0.39 is 5.97 Å². The summed E-state index contributed by atoms with van der Waals surface area (Å²) < 4.78 is 12.7. The van der Waals surface area contributed by atoms with Gasteiger partial charge in [-0.25, -0.2) is 0 Å². The van der Waals surface area contributed by atoms with Gasteiger partial charge in [0.05, 0.1) is 5.56 Å². The van der Waals surface area contributed by atoms with Crippen LogP contribution in [0, 0.1) is 0 Å². The Balaban J connectivity index is 0.00000114. The quantitative estimate of drug-likeness (QED) is 0.183. The number of benzene rings is 4. The van der Waals surface area contributed by atoms with E-state index in [1.54, 1.807) is 0 Å². The van der Waals surface area contributed by atoms with E-state index in [1.165, 1.54) is 55.8 Å². The van der Waals surface area contributed by atoms with Crippen LogP contribution in [0.2, 0.25) is 0 Å².